The topological polar surface area (TPSA) is 39.2 Å². The fraction of sp³-hybridized carbons (Fsp3) is 0.400. The highest BCUT2D eigenvalue weighted by atomic mass is 19.4. The van der Waals surface area contributed by atoms with Crippen LogP contribution in [0.1, 0.15) is 12.1 Å². The maximum Gasteiger partial charge on any atom is 0.490 e. The van der Waals surface area contributed by atoms with E-state index < -0.39 is 12.1 Å². The molecule has 88 valence electrons. The predicted octanol–water partition coefficient (Wildman–Crippen LogP) is 2.12. The molecule has 1 rings (SSSR count). The van der Waals surface area contributed by atoms with Gasteiger partial charge < -0.3 is 4.74 Å². The average molecular weight is 233 g/mol. The van der Waals surface area contributed by atoms with Crippen molar-refractivity contribution in [2.75, 3.05) is 6.61 Å². The van der Waals surface area contributed by atoms with Gasteiger partial charge in [-0.1, -0.05) is 6.07 Å². The summed E-state index contributed by atoms with van der Waals surface area (Å²) in [6.07, 6.45) is -2.52. The van der Waals surface area contributed by atoms with Crippen molar-refractivity contribution in [2.24, 2.45) is 0 Å². The lowest BCUT2D eigenvalue weighted by atomic mass is 10.2. The van der Waals surface area contributed by atoms with Crippen LogP contribution in [0.5, 0.6) is 0 Å². The van der Waals surface area contributed by atoms with Gasteiger partial charge in [-0.3, -0.25) is 4.98 Å². The Morgan fingerprint density at radius 3 is 2.69 bits per heavy atom. The van der Waals surface area contributed by atoms with Gasteiger partial charge in [0, 0.05) is 11.9 Å². The van der Waals surface area contributed by atoms with E-state index in [4.69, 9.17) is 0 Å². The van der Waals surface area contributed by atoms with Gasteiger partial charge in [0.05, 0.1) is 6.61 Å². The van der Waals surface area contributed by atoms with Crippen molar-refractivity contribution < 1.29 is 22.7 Å². The van der Waals surface area contributed by atoms with E-state index in [0.717, 1.165) is 5.69 Å². The van der Waals surface area contributed by atoms with E-state index in [0.29, 0.717) is 12.8 Å². The van der Waals surface area contributed by atoms with Crippen LogP contribution in [0.2, 0.25) is 0 Å². The molecule has 0 bridgehead atoms. The van der Waals surface area contributed by atoms with Crippen LogP contribution in [0, 0.1) is 0 Å². The third kappa shape index (κ3) is 4.29. The van der Waals surface area contributed by atoms with Crippen LogP contribution in [0.4, 0.5) is 13.2 Å². The SMILES string of the molecule is O=C(OCCCc1ccccn1)C(F)(F)F. The molecule has 6 heteroatoms. The van der Waals surface area contributed by atoms with Gasteiger partial charge in [-0.2, -0.15) is 13.2 Å². The first kappa shape index (κ1) is 12.5. The molecule has 0 fully saturated rings. The summed E-state index contributed by atoms with van der Waals surface area (Å²) in [5, 5.41) is 0. The summed E-state index contributed by atoms with van der Waals surface area (Å²) < 4.78 is 39.2. The van der Waals surface area contributed by atoms with Crippen LogP contribution < -0.4 is 0 Å². The van der Waals surface area contributed by atoms with Gasteiger partial charge >= 0.3 is 12.1 Å². The highest BCUT2D eigenvalue weighted by molar-refractivity contribution is 5.75. The number of alkyl halides is 3. The van der Waals surface area contributed by atoms with Crippen LogP contribution in [0.25, 0.3) is 0 Å². The van der Waals surface area contributed by atoms with Gasteiger partial charge in [-0.15, -0.1) is 0 Å². The molecule has 1 heterocycles. The Morgan fingerprint density at radius 2 is 2.12 bits per heavy atom. The number of nitrogens with zero attached hydrogens (tertiary/aromatic N) is 1. The van der Waals surface area contributed by atoms with Gasteiger partial charge in [0.2, 0.25) is 0 Å². The summed E-state index contributed by atoms with van der Waals surface area (Å²) in [5.41, 5.74) is 0.755. The van der Waals surface area contributed by atoms with Crippen LogP contribution in [0.15, 0.2) is 24.4 Å². The fourth-order valence-electron chi connectivity index (χ4n) is 1.05. The molecule has 0 unspecified atom stereocenters. The third-order valence-corrected chi connectivity index (χ3v) is 1.77. The second-order valence-electron chi connectivity index (χ2n) is 3.06. The molecule has 0 aliphatic rings. The summed E-state index contributed by atoms with van der Waals surface area (Å²) in [6.45, 7) is -0.255. The van der Waals surface area contributed by atoms with Gasteiger partial charge in [0.15, 0.2) is 0 Å². The lowest BCUT2D eigenvalue weighted by Crippen LogP contribution is -2.25. The molecule has 0 saturated heterocycles. The zero-order valence-corrected chi connectivity index (χ0v) is 8.33. The van der Waals surface area contributed by atoms with Crippen molar-refractivity contribution >= 4 is 5.97 Å². The van der Waals surface area contributed by atoms with Gasteiger partial charge in [-0.25, -0.2) is 4.79 Å². The summed E-state index contributed by atoms with van der Waals surface area (Å²) in [4.78, 5) is 14.3. The monoisotopic (exact) mass is 233 g/mol. The number of esters is 1. The second kappa shape index (κ2) is 5.48. The number of hydrogen-bond acceptors (Lipinski definition) is 3. The summed E-state index contributed by atoms with van der Waals surface area (Å²) in [6, 6.07) is 5.28. The number of aromatic nitrogens is 1. The number of halogens is 3. The van der Waals surface area contributed by atoms with E-state index in [-0.39, 0.29) is 6.61 Å². The number of carbonyl (C=O) groups is 1. The van der Waals surface area contributed by atoms with Crippen molar-refractivity contribution in [2.45, 2.75) is 19.0 Å². The molecule has 3 nitrogen and oxygen atoms in total. The quantitative estimate of drug-likeness (QED) is 0.590. The fourth-order valence-corrected chi connectivity index (χ4v) is 1.05. The van der Waals surface area contributed by atoms with Crippen molar-refractivity contribution in [3.8, 4) is 0 Å². The zero-order chi connectivity index (χ0) is 12.0. The van der Waals surface area contributed by atoms with Gasteiger partial charge in [-0.05, 0) is 25.0 Å². The van der Waals surface area contributed by atoms with Gasteiger partial charge in [0.1, 0.15) is 0 Å². The van der Waals surface area contributed by atoms with Crippen molar-refractivity contribution in [1.29, 1.82) is 0 Å². The predicted molar refractivity (Wildman–Crippen MR) is 49.6 cm³/mol. The Hall–Kier alpha value is -1.59. The van der Waals surface area contributed by atoms with Gasteiger partial charge in [0.25, 0.3) is 0 Å². The summed E-state index contributed by atoms with van der Waals surface area (Å²) in [5.74, 6) is -2.14. The molecule has 0 saturated carbocycles. The van der Waals surface area contributed by atoms with E-state index in [1.807, 2.05) is 0 Å². The highest BCUT2D eigenvalue weighted by Gasteiger charge is 2.40. The van der Waals surface area contributed by atoms with E-state index in [9.17, 15) is 18.0 Å². The molecule has 16 heavy (non-hydrogen) atoms. The Labute approximate surface area is 90.2 Å². The summed E-state index contributed by atoms with van der Waals surface area (Å²) >= 11 is 0. The first-order chi connectivity index (χ1) is 7.50. The molecule has 0 aliphatic heterocycles. The Bertz CT molecular complexity index is 338. The number of pyridine rings is 1. The van der Waals surface area contributed by atoms with E-state index in [1.165, 1.54) is 0 Å². The summed E-state index contributed by atoms with van der Waals surface area (Å²) in [7, 11) is 0. The van der Waals surface area contributed by atoms with Crippen LogP contribution in [-0.2, 0) is 16.0 Å². The first-order valence-corrected chi connectivity index (χ1v) is 4.64. The smallest absolute Gasteiger partial charge is 0.459 e. The maximum atomic E-state index is 11.7. The largest absolute Gasteiger partial charge is 0.490 e. The van der Waals surface area contributed by atoms with Crippen molar-refractivity contribution in [3.05, 3.63) is 30.1 Å². The number of carbonyl (C=O) groups excluding carboxylic acids is 1. The Balaban J connectivity index is 2.20. The number of ether oxygens (including phenoxy) is 1. The zero-order valence-electron chi connectivity index (χ0n) is 8.33. The van der Waals surface area contributed by atoms with Crippen LogP contribution in [0.3, 0.4) is 0 Å². The maximum absolute atomic E-state index is 11.7. The Morgan fingerprint density at radius 1 is 1.38 bits per heavy atom. The minimum atomic E-state index is -4.91. The lowest BCUT2D eigenvalue weighted by Gasteiger charge is -2.06. The van der Waals surface area contributed by atoms with Crippen LogP contribution >= 0.6 is 0 Å². The normalized spacial score (nSPS) is 11.2. The second-order valence-corrected chi connectivity index (χ2v) is 3.06. The highest BCUT2D eigenvalue weighted by Crippen LogP contribution is 2.16. The van der Waals surface area contributed by atoms with Crippen LogP contribution in [-0.4, -0.2) is 23.7 Å². The number of aryl methyl sites for hydroxylation is 1. The molecule has 1 aromatic rings. The minimum Gasteiger partial charge on any atom is -0.459 e. The molecular formula is C10H10F3NO2. The molecule has 0 radical (unpaired) electrons. The molecule has 0 aromatic carbocycles. The third-order valence-electron chi connectivity index (χ3n) is 1.77. The first-order valence-electron chi connectivity index (χ1n) is 4.64. The number of hydrogen-bond donors (Lipinski definition) is 0. The molecule has 0 amide bonds. The standard InChI is InChI=1S/C10H10F3NO2/c11-10(12,13)9(15)16-7-3-5-8-4-1-2-6-14-8/h1-2,4,6H,3,5,7H2. The van der Waals surface area contributed by atoms with E-state index >= 15 is 0 Å². The average Bonchev–Trinajstić information content (AvgIpc) is 2.24. The molecule has 0 N–H and O–H groups in total. The molecule has 0 spiro atoms. The molecule has 1 aromatic heterocycles. The molecular weight excluding hydrogens is 223 g/mol. The number of rotatable bonds is 4. The van der Waals surface area contributed by atoms with E-state index in [1.54, 1.807) is 24.4 Å². The van der Waals surface area contributed by atoms with Crippen molar-refractivity contribution in [3.63, 3.8) is 0 Å². The lowest BCUT2D eigenvalue weighted by molar-refractivity contribution is -0.199. The molecule has 0 aliphatic carbocycles. The Kier molecular flexibility index (Phi) is 4.28. The minimum absolute atomic E-state index is 0.255. The molecule has 0 atom stereocenters. The van der Waals surface area contributed by atoms with Crippen molar-refractivity contribution in [1.82, 2.24) is 4.98 Å². The van der Waals surface area contributed by atoms with E-state index in [2.05, 4.69) is 9.72 Å².